The highest BCUT2D eigenvalue weighted by Gasteiger charge is 2.30. The first-order valence-corrected chi connectivity index (χ1v) is 15.5. The van der Waals surface area contributed by atoms with Gasteiger partial charge in [0.15, 0.2) is 5.65 Å². The molecule has 0 bridgehead atoms. The van der Waals surface area contributed by atoms with Crippen LogP contribution in [0.4, 0.5) is 17.2 Å². The van der Waals surface area contributed by atoms with Crippen molar-refractivity contribution in [2.75, 3.05) is 17.7 Å². The van der Waals surface area contributed by atoms with Crippen LogP contribution in [0.3, 0.4) is 0 Å². The Bertz CT molecular complexity index is 1360. The van der Waals surface area contributed by atoms with E-state index < -0.39 is 0 Å². The third kappa shape index (κ3) is 5.28. The molecule has 35 heavy (non-hydrogen) atoms. The standard InChI is InChI=1S/C22H23IN7O2P.C2H6/c1-12-25-20-16(9-19(27-21(20)30(12)33-23)28-22(31)13-4-5-13)26-15-7-6-14(8-18(15)32-3)17-10-24-11-29(17)2;1-2/h6-11,13,33H,4-5H2,1-3H3,(H2,26,27,28,31);1-2H3. The average molecular weight is 605 g/mol. The molecule has 1 amide bonds. The van der Waals surface area contributed by atoms with E-state index in [9.17, 15) is 4.79 Å². The van der Waals surface area contributed by atoms with Crippen LogP contribution in [0.1, 0.15) is 32.5 Å². The van der Waals surface area contributed by atoms with E-state index in [4.69, 9.17) is 14.7 Å². The fourth-order valence-electron chi connectivity index (χ4n) is 3.72. The van der Waals surface area contributed by atoms with Crippen molar-refractivity contribution < 1.29 is 9.53 Å². The fourth-order valence-corrected chi connectivity index (χ4v) is 5.87. The molecule has 3 aromatic heterocycles. The van der Waals surface area contributed by atoms with Crippen LogP contribution < -0.4 is 15.4 Å². The van der Waals surface area contributed by atoms with Gasteiger partial charge in [0.1, 0.15) is 22.9 Å². The molecule has 1 aliphatic carbocycles. The Kier molecular flexibility index (Phi) is 7.91. The van der Waals surface area contributed by atoms with E-state index in [-0.39, 0.29) is 11.8 Å². The fraction of sp³-hybridized carbons (Fsp3) is 0.333. The second-order valence-electron chi connectivity index (χ2n) is 8.00. The molecule has 1 unspecified atom stereocenters. The number of hydrogen-bond donors (Lipinski definition) is 2. The highest BCUT2D eigenvalue weighted by Crippen LogP contribution is 2.38. The van der Waals surface area contributed by atoms with Gasteiger partial charge in [-0.25, -0.2) is 15.0 Å². The van der Waals surface area contributed by atoms with Crippen molar-refractivity contribution in [3.8, 4) is 17.0 Å². The number of hydrogen-bond acceptors (Lipinski definition) is 6. The number of anilines is 3. The van der Waals surface area contributed by atoms with Crippen molar-refractivity contribution in [2.45, 2.75) is 33.6 Å². The lowest BCUT2D eigenvalue weighted by Crippen LogP contribution is -2.14. The van der Waals surface area contributed by atoms with Crippen molar-refractivity contribution in [3.05, 3.63) is 42.6 Å². The Hall–Kier alpha value is -2.72. The lowest BCUT2D eigenvalue weighted by Gasteiger charge is -2.15. The van der Waals surface area contributed by atoms with Crippen LogP contribution in [0.2, 0.25) is 0 Å². The number of nitrogens with zero attached hydrogens (tertiary/aromatic N) is 5. The molecule has 9 nitrogen and oxygen atoms in total. The van der Waals surface area contributed by atoms with Gasteiger partial charge in [0.25, 0.3) is 0 Å². The maximum atomic E-state index is 12.4. The zero-order chi connectivity index (χ0) is 25.1. The van der Waals surface area contributed by atoms with Gasteiger partial charge in [-0.05, 0) is 53.9 Å². The molecule has 3 heterocycles. The van der Waals surface area contributed by atoms with Gasteiger partial charge in [0, 0.05) is 24.6 Å². The first-order chi connectivity index (χ1) is 17.0. The second-order valence-corrected chi connectivity index (χ2v) is 10.1. The second kappa shape index (κ2) is 10.9. The number of rotatable bonds is 7. The number of carbonyl (C=O) groups excluding carboxylic acids is 1. The van der Waals surface area contributed by atoms with Gasteiger partial charge in [-0.15, -0.1) is 0 Å². The number of carbonyl (C=O) groups is 1. The Morgan fingerprint density at radius 2 is 1.97 bits per heavy atom. The van der Waals surface area contributed by atoms with Gasteiger partial charge in [0.2, 0.25) is 5.91 Å². The Balaban J connectivity index is 0.00000141. The number of ether oxygens (including phenoxy) is 1. The van der Waals surface area contributed by atoms with Gasteiger partial charge in [-0.3, -0.25) is 9.13 Å². The Morgan fingerprint density at radius 1 is 1.20 bits per heavy atom. The number of aromatic nitrogens is 5. The molecular formula is C24H29IN7O2P. The van der Waals surface area contributed by atoms with Crippen molar-refractivity contribution in [2.24, 2.45) is 13.0 Å². The minimum absolute atomic E-state index is 0.0191. The summed E-state index contributed by atoms with van der Waals surface area (Å²) >= 11 is 2.32. The molecule has 1 atom stereocenters. The van der Waals surface area contributed by atoms with Crippen LogP contribution in [-0.2, 0) is 11.8 Å². The van der Waals surface area contributed by atoms with Crippen molar-refractivity contribution >= 4 is 62.7 Å². The molecule has 0 radical (unpaired) electrons. The van der Waals surface area contributed by atoms with Gasteiger partial charge >= 0.3 is 0 Å². The minimum Gasteiger partial charge on any atom is -0.495 e. The number of methoxy groups -OCH3 is 1. The molecule has 184 valence electrons. The van der Waals surface area contributed by atoms with Crippen molar-refractivity contribution in [1.29, 1.82) is 0 Å². The number of halogens is 1. The molecule has 1 fully saturated rings. The van der Waals surface area contributed by atoms with E-state index in [2.05, 4.69) is 42.0 Å². The normalized spacial score (nSPS) is 13.1. The number of fused-ring (bicyclic) bond motifs is 1. The summed E-state index contributed by atoms with van der Waals surface area (Å²) in [4.78, 5) is 26.1. The van der Waals surface area contributed by atoms with Crippen LogP contribution in [0, 0.1) is 12.8 Å². The first kappa shape index (κ1) is 25.4. The highest BCUT2D eigenvalue weighted by molar-refractivity contribution is 14.2. The maximum Gasteiger partial charge on any atom is 0.228 e. The molecule has 11 heteroatoms. The molecule has 5 rings (SSSR count). The summed E-state index contributed by atoms with van der Waals surface area (Å²) < 4.78 is 9.70. The van der Waals surface area contributed by atoms with Crippen molar-refractivity contribution in [3.63, 3.8) is 0 Å². The Labute approximate surface area is 219 Å². The average Bonchev–Trinajstić information content (AvgIpc) is 3.56. The summed E-state index contributed by atoms with van der Waals surface area (Å²) in [5.74, 6) is 2.19. The summed E-state index contributed by atoms with van der Waals surface area (Å²) in [7, 11) is 3.60. The molecule has 0 saturated heterocycles. The molecule has 2 N–H and O–H groups in total. The molecule has 1 saturated carbocycles. The zero-order valence-electron chi connectivity index (χ0n) is 20.4. The topological polar surface area (TPSA) is 98.9 Å². The van der Waals surface area contributed by atoms with Crippen molar-refractivity contribution in [1.82, 2.24) is 23.9 Å². The SMILES string of the molecule is CC.COc1cc(-c2cncn2C)ccc1Nc1cc(NC(=O)C2CC2)nc2c1nc(C)n2PI. The number of aryl methyl sites for hydroxylation is 2. The number of imidazole rings is 2. The quantitative estimate of drug-likeness (QED) is 0.196. The molecule has 4 aromatic rings. The highest BCUT2D eigenvalue weighted by atomic mass is 127. The predicted molar refractivity (Wildman–Crippen MR) is 151 cm³/mol. The van der Waals surface area contributed by atoms with Crippen LogP contribution >= 0.6 is 28.4 Å². The van der Waals surface area contributed by atoms with E-state index in [1.165, 1.54) is 0 Å². The maximum absolute atomic E-state index is 12.4. The van der Waals surface area contributed by atoms with E-state index >= 15 is 0 Å². The number of nitrogens with one attached hydrogen (secondary N) is 2. The smallest absolute Gasteiger partial charge is 0.228 e. The summed E-state index contributed by atoms with van der Waals surface area (Å²) in [6.45, 7) is 5.96. The van der Waals surface area contributed by atoms with E-state index in [1.54, 1.807) is 13.4 Å². The zero-order valence-corrected chi connectivity index (χ0v) is 23.5. The Morgan fingerprint density at radius 3 is 2.60 bits per heavy atom. The van der Waals surface area contributed by atoms with Gasteiger partial charge < -0.3 is 19.9 Å². The lowest BCUT2D eigenvalue weighted by atomic mass is 10.1. The minimum atomic E-state index is 0.0191. The van der Waals surface area contributed by atoms with E-state index in [0.717, 1.165) is 52.5 Å². The van der Waals surface area contributed by atoms with Crippen LogP contribution in [0.25, 0.3) is 22.4 Å². The molecular weight excluding hydrogens is 576 g/mol. The van der Waals surface area contributed by atoms with Crippen LogP contribution in [0.5, 0.6) is 5.75 Å². The number of benzene rings is 1. The lowest BCUT2D eigenvalue weighted by molar-refractivity contribution is -0.117. The van der Waals surface area contributed by atoms with Crippen LogP contribution in [-0.4, -0.2) is 36.9 Å². The van der Waals surface area contributed by atoms with Crippen LogP contribution in [0.15, 0.2) is 36.8 Å². The third-order valence-corrected chi connectivity index (χ3v) is 7.80. The monoisotopic (exact) mass is 605 g/mol. The number of pyridine rings is 1. The van der Waals surface area contributed by atoms with Gasteiger partial charge in [-0.2, -0.15) is 0 Å². The molecule has 0 spiro atoms. The van der Waals surface area contributed by atoms with Gasteiger partial charge in [-0.1, -0.05) is 19.9 Å². The first-order valence-electron chi connectivity index (χ1n) is 11.5. The number of amides is 1. The summed E-state index contributed by atoms with van der Waals surface area (Å²) in [6, 6.07) is 7.81. The molecule has 0 aliphatic heterocycles. The molecule has 1 aromatic carbocycles. The summed E-state index contributed by atoms with van der Waals surface area (Å²) in [5.41, 5.74) is 5.03. The van der Waals surface area contributed by atoms with Gasteiger partial charge in [0.05, 0.1) is 43.1 Å². The summed E-state index contributed by atoms with van der Waals surface area (Å²) in [6.07, 6.45) is 5.91. The third-order valence-electron chi connectivity index (χ3n) is 5.65. The largest absolute Gasteiger partial charge is 0.495 e. The van der Waals surface area contributed by atoms with E-state index in [0.29, 0.717) is 17.9 Å². The molecule has 1 aliphatic rings. The predicted octanol–water partition coefficient (Wildman–Crippen LogP) is 6.06. The summed E-state index contributed by atoms with van der Waals surface area (Å²) in [5, 5.41) is 6.44. The van der Waals surface area contributed by atoms with E-state index in [1.807, 2.05) is 62.8 Å².